The summed E-state index contributed by atoms with van der Waals surface area (Å²) < 4.78 is 5.09. The lowest BCUT2D eigenvalue weighted by Gasteiger charge is -2.22. The van der Waals surface area contributed by atoms with Gasteiger partial charge in [-0.1, -0.05) is 13.8 Å². The summed E-state index contributed by atoms with van der Waals surface area (Å²) in [5.41, 5.74) is 4.68. The number of ether oxygens (including phenoxy) is 1. The standard InChI is InChI=1S/C11H22N2O3/c1-7(2)9(10(12)15)13-6-8(14)16-11(3,4)5/h7,9,13H,6H2,1-5H3,(H2,12,15). The van der Waals surface area contributed by atoms with E-state index in [0.717, 1.165) is 0 Å². The first-order valence-corrected chi connectivity index (χ1v) is 5.38. The van der Waals surface area contributed by atoms with E-state index in [2.05, 4.69) is 5.32 Å². The summed E-state index contributed by atoms with van der Waals surface area (Å²) in [6.45, 7) is 9.08. The first kappa shape index (κ1) is 14.9. The third-order valence-corrected chi connectivity index (χ3v) is 1.86. The molecule has 0 aromatic rings. The summed E-state index contributed by atoms with van der Waals surface area (Å²) in [6, 6.07) is -0.507. The zero-order valence-corrected chi connectivity index (χ0v) is 10.7. The highest BCUT2D eigenvalue weighted by molar-refractivity contribution is 5.81. The minimum atomic E-state index is -0.515. The number of nitrogens with one attached hydrogen (secondary N) is 1. The fraction of sp³-hybridized carbons (Fsp3) is 0.818. The van der Waals surface area contributed by atoms with E-state index in [4.69, 9.17) is 10.5 Å². The van der Waals surface area contributed by atoms with E-state index in [-0.39, 0.29) is 18.4 Å². The maximum Gasteiger partial charge on any atom is 0.320 e. The monoisotopic (exact) mass is 230 g/mol. The van der Waals surface area contributed by atoms with Crippen molar-refractivity contribution in [3.8, 4) is 0 Å². The number of esters is 1. The number of nitrogens with two attached hydrogens (primary N) is 1. The van der Waals surface area contributed by atoms with Crippen LogP contribution in [0.15, 0.2) is 0 Å². The molecule has 94 valence electrons. The Morgan fingerprint density at radius 1 is 1.31 bits per heavy atom. The number of rotatable bonds is 5. The van der Waals surface area contributed by atoms with Crippen molar-refractivity contribution in [3.63, 3.8) is 0 Å². The Kier molecular flexibility index (Phi) is 5.44. The summed E-state index contributed by atoms with van der Waals surface area (Å²) in [5.74, 6) is -0.808. The second-order valence-electron chi connectivity index (χ2n) is 5.09. The molecular formula is C11H22N2O3. The second-order valence-corrected chi connectivity index (χ2v) is 5.09. The first-order valence-electron chi connectivity index (χ1n) is 5.38. The molecule has 0 radical (unpaired) electrons. The number of primary amides is 1. The largest absolute Gasteiger partial charge is 0.459 e. The molecule has 0 aromatic heterocycles. The first-order chi connectivity index (χ1) is 7.13. The Bertz CT molecular complexity index is 256. The van der Waals surface area contributed by atoms with E-state index in [9.17, 15) is 9.59 Å². The molecule has 0 bridgehead atoms. The fourth-order valence-electron chi connectivity index (χ4n) is 1.24. The van der Waals surface area contributed by atoms with Gasteiger partial charge in [0.15, 0.2) is 0 Å². The van der Waals surface area contributed by atoms with Crippen molar-refractivity contribution in [2.45, 2.75) is 46.3 Å². The van der Waals surface area contributed by atoms with Crippen molar-refractivity contribution in [2.24, 2.45) is 11.7 Å². The molecule has 5 heteroatoms. The van der Waals surface area contributed by atoms with Crippen LogP contribution in [0, 0.1) is 5.92 Å². The summed E-state index contributed by atoms with van der Waals surface area (Å²) >= 11 is 0. The molecule has 0 aliphatic carbocycles. The van der Waals surface area contributed by atoms with Crippen LogP contribution in [0.3, 0.4) is 0 Å². The van der Waals surface area contributed by atoms with Crippen molar-refractivity contribution >= 4 is 11.9 Å². The molecule has 5 nitrogen and oxygen atoms in total. The van der Waals surface area contributed by atoms with Crippen LogP contribution in [0.2, 0.25) is 0 Å². The zero-order chi connectivity index (χ0) is 12.9. The van der Waals surface area contributed by atoms with Gasteiger partial charge in [0.1, 0.15) is 5.60 Å². The Labute approximate surface area is 96.7 Å². The van der Waals surface area contributed by atoms with Crippen LogP contribution in [0.4, 0.5) is 0 Å². The van der Waals surface area contributed by atoms with Crippen molar-refractivity contribution < 1.29 is 14.3 Å². The van der Waals surface area contributed by atoms with Crippen LogP contribution in [0.25, 0.3) is 0 Å². The Morgan fingerprint density at radius 2 is 1.81 bits per heavy atom. The average Bonchev–Trinajstić information content (AvgIpc) is 1.98. The van der Waals surface area contributed by atoms with Gasteiger partial charge >= 0.3 is 5.97 Å². The van der Waals surface area contributed by atoms with E-state index >= 15 is 0 Å². The van der Waals surface area contributed by atoms with E-state index in [0.29, 0.717) is 0 Å². The lowest BCUT2D eigenvalue weighted by Crippen LogP contribution is -2.47. The van der Waals surface area contributed by atoms with Crippen molar-refractivity contribution in [2.75, 3.05) is 6.54 Å². The van der Waals surface area contributed by atoms with Gasteiger partial charge in [0.2, 0.25) is 5.91 Å². The van der Waals surface area contributed by atoms with Crippen LogP contribution in [-0.2, 0) is 14.3 Å². The van der Waals surface area contributed by atoms with Gasteiger partial charge in [0.25, 0.3) is 0 Å². The van der Waals surface area contributed by atoms with Crippen LogP contribution in [0.1, 0.15) is 34.6 Å². The summed E-state index contributed by atoms with van der Waals surface area (Å²) in [7, 11) is 0. The number of hydrogen-bond acceptors (Lipinski definition) is 4. The van der Waals surface area contributed by atoms with Gasteiger partial charge in [0.05, 0.1) is 12.6 Å². The van der Waals surface area contributed by atoms with Crippen LogP contribution >= 0.6 is 0 Å². The van der Waals surface area contributed by atoms with Gasteiger partial charge in [-0.2, -0.15) is 0 Å². The van der Waals surface area contributed by atoms with Crippen LogP contribution in [0.5, 0.6) is 0 Å². The highest BCUT2D eigenvalue weighted by atomic mass is 16.6. The molecule has 1 unspecified atom stereocenters. The molecule has 0 spiro atoms. The quantitative estimate of drug-likeness (QED) is 0.671. The minimum Gasteiger partial charge on any atom is -0.459 e. The van der Waals surface area contributed by atoms with Crippen molar-refractivity contribution in [3.05, 3.63) is 0 Å². The lowest BCUT2D eigenvalue weighted by atomic mass is 10.0. The predicted molar refractivity (Wildman–Crippen MR) is 61.7 cm³/mol. The molecule has 0 saturated carbocycles. The van der Waals surface area contributed by atoms with E-state index in [1.165, 1.54) is 0 Å². The molecule has 1 amide bonds. The third kappa shape index (κ3) is 6.40. The van der Waals surface area contributed by atoms with Crippen molar-refractivity contribution in [1.29, 1.82) is 0 Å². The Morgan fingerprint density at radius 3 is 2.12 bits per heavy atom. The van der Waals surface area contributed by atoms with Gasteiger partial charge in [-0.15, -0.1) is 0 Å². The molecule has 16 heavy (non-hydrogen) atoms. The number of amides is 1. The molecule has 0 aliphatic rings. The second kappa shape index (κ2) is 5.84. The molecular weight excluding hydrogens is 208 g/mol. The van der Waals surface area contributed by atoms with Gasteiger partial charge in [-0.3, -0.25) is 14.9 Å². The molecule has 1 atom stereocenters. The van der Waals surface area contributed by atoms with E-state index in [1.807, 2.05) is 13.8 Å². The number of carbonyl (C=O) groups is 2. The Balaban J connectivity index is 4.12. The van der Waals surface area contributed by atoms with E-state index in [1.54, 1.807) is 20.8 Å². The zero-order valence-electron chi connectivity index (χ0n) is 10.7. The lowest BCUT2D eigenvalue weighted by molar-refractivity contribution is -0.153. The molecule has 0 heterocycles. The minimum absolute atomic E-state index is 0.0109. The molecule has 0 saturated heterocycles. The average molecular weight is 230 g/mol. The molecule has 3 N–H and O–H groups in total. The van der Waals surface area contributed by atoms with Crippen LogP contribution in [-0.4, -0.2) is 30.1 Å². The predicted octanol–water partition coefficient (Wildman–Crippen LogP) is 0.428. The van der Waals surface area contributed by atoms with Gasteiger partial charge in [0, 0.05) is 0 Å². The van der Waals surface area contributed by atoms with E-state index < -0.39 is 17.6 Å². The topological polar surface area (TPSA) is 81.4 Å². The number of hydrogen-bond donors (Lipinski definition) is 2. The van der Waals surface area contributed by atoms with Crippen LogP contribution < -0.4 is 11.1 Å². The molecule has 0 fully saturated rings. The fourth-order valence-corrected chi connectivity index (χ4v) is 1.24. The number of carbonyl (C=O) groups excluding carboxylic acids is 2. The molecule has 0 rings (SSSR count). The summed E-state index contributed by atoms with van der Waals surface area (Å²) in [5, 5.41) is 2.79. The SMILES string of the molecule is CC(C)C(NCC(=O)OC(C)(C)C)C(N)=O. The van der Waals surface area contributed by atoms with Crippen molar-refractivity contribution in [1.82, 2.24) is 5.32 Å². The highest BCUT2D eigenvalue weighted by Crippen LogP contribution is 2.07. The summed E-state index contributed by atoms with van der Waals surface area (Å²) in [6.07, 6.45) is 0. The maximum absolute atomic E-state index is 11.4. The maximum atomic E-state index is 11.4. The normalized spacial score (nSPS) is 13.6. The van der Waals surface area contributed by atoms with Gasteiger partial charge < -0.3 is 10.5 Å². The van der Waals surface area contributed by atoms with Gasteiger partial charge in [-0.05, 0) is 26.7 Å². The summed E-state index contributed by atoms with van der Waals surface area (Å²) in [4.78, 5) is 22.4. The Hall–Kier alpha value is -1.10. The molecule has 0 aliphatic heterocycles. The third-order valence-electron chi connectivity index (χ3n) is 1.86. The molecule has 0 aromatic carbocycles. The van der Waals surface area contributed by atoms with Gasteiger partial charge in [-0.25, -0.2) is 0 Å². The highest BCUT2D eigenvalue weighted by Gasteiger charge is 2.22. The smallest absolute Gasteiger partial charge is 0.320 e.